The zero-order valence-corrected chi connectivity index (χ0v) is 23.7. The van der Waals surface area contributed by atoms with Gasteiger partial charge in [-0.25, -0.2) is 4.98 Å². The zero-order chi connectivity index (χ0) is 26.9. The molecular weight excluding hydrogens is 498 g/mol. The molecule has 1 saturated heterocycles. The molecule has 0 unspecified atom stereocenters. The van der Waals surface area contributed by atoms with Crippen LogP contribution in [0.15, 0.2) is 35.2 Å². The van der Waals surface area contributed by atoms with E-state index in [9.17, 15) is 9.59 Å². The minimum Gasteiger partial charge on any atom is -0.493 e. The van der Waals surface area contributed by atoms with Crippen molar-refractivity contribution in [1.82, 2.24) is 15.2 Å². The SMILES string of the molecule is COc1cc(CN(C(=O)c2csc(C)n2)[C@H]2CCCCNC2=O)ccc1OCCC1=CC[C@H]2C[C@@H]1C2(C)C. The van der Waals surface area contributed by atoms with Crippen LogP contribution in [-0.2, 0) is 11.3 Å². The second kappa shape index (κ2) is 11.1. The topological polar surface area (TPSA) is 80.8 Å². The number of nitrogens with one attached hydrogen (secondary N) is 1. The van der Waals surface area contributed by atoms with Gasteiger partial charge < -0.3 is 19.7 Å². The van der Waals surface area contributed by atoms with Gasteiger partial charge >= 0.3 is 0 Å². The molecule has 2 fully saturated rings. The van der Waals surface area contributed by atoms with Crippen LogP contribution in [-0.4, -0.2) is 48.0 Å². The maximum Gasteiger partial charge on any atom is 0.274 e. The predicted octanol–water partition coefficient (Wildman–Crippen LogP) is 5.53. The lowest BCUT2D eigenvalue weighted by atomic mass is 9.48. The standard InChI is InChI=1S/C30H39N3O4S/c1-19-32-24(18-38-19)29(35)33(25-7-5-6-13-31-28(25)34)17-20-8-11-26(27(15-20)36-4)37-14-12-21-9-10-22-16-23(21)30(22,2)3/h8-9,11,15,18,22-23,25H,5-7,10,12-14,16-17H2,1-4H3,(H,31,34)/t22-,23-,25-/m0/s1. The van der Waals surface area contributed by atoms with Crippen molar-refractivity contribution in [3.63, 3.8) is 0 Å². The van der Waals surface area contributed by atoms with Crippen LogP contribution in [0.3, 0.4) is 0 Å². The van der Waals surface area contributed by atoms with Gasteiger partial charge in [-0.05, 0) is 74.0 Å². The van der Waals surface area contributed by atoms with Crippen LogP contribution in [0, 0.1) is 24.2 Å². The smallest absolute Gasteiger partial charge is 0.274 e. The van der Waals surface area contributed by atoms with E-state index in [1.165, 1.54) is 29.8 Å². The van der Waals surface area contributed by atoms with E-state index in [1.807, 2.05) is 25.1 Å². The van der Waals surface area contributed by atoms with Crippen molar-refractivity contribution in [2.45, 2.75) is 71.9 Å². The van der Waals surface area contributed by atoms with E-state index in [-0.39, 0.29) is 18.4 Å². The number of amides is 2. The second-order valence-electron chi connectivity index (χ2n) is 11.4. The van der Waals surface area contributed by atoms with Gasteiger partial charge in [-0.15, -0.1) is 11.3 Å². The molecule has 2 bridgehead atoms. The third-order valence-corrected chi connectivity index (χ3v) is 9.57. The molecular formula is C30H39N3O4S. The second-order valence-corrected chi connectivity index (χ2v) is 12.5. The lowest BCUT2D eigenvalue weighted by Crippen LogP contribution is -2.48. The highest BCUT2D eigenvalue weighted by molar-refractivity contribution is 7.09. The molecule has 0 radical (unpaired) electrons. The van der Waals surface area contributed by atoms with Crippen molar-refractivity contribution < 1.29 is 19.1 Å². The molecule has 6 rings (SSSR count). The molecule has 2 amide bonds. The molecule has 0 spiro atoms. The normalized spacial score (nSPS) is 23.9. The molecule has 2 heterocycles. The summed E-state index contributed by atoms with van der Waals surface area (Å²) in [4.78, 5) is 32.5. The summed E-state index contributed by atoms with van der Waals surface area (Å²) < 4.78 is 11.8. The highest BCUT2D eigenvalue weighted by Gasteiger charge is 2.50. The Morgan fingerprint density at radius 3 is 2.82 bits per heavy atom. The van der Waals surface area contributed by atoms with Gasteiger partial charge in [-0.2, -0.15) is 0 Å². The Balaban J connectivity index is 1.29. The Morgan fingerprint density at radius 2 is 2.11 bits per heavy atom. The number of nitrogens with zero attached hydrogens (tertiary/aromatic N) is 2. The predicted molar refractivity (Wildman–Crippen MR) is 149 cm³/mol. The van der Waals surface area contributed by atoms with Crippen LogP contribution in [0.2, 0.25) is 0 Å². The summed E-state index contributed by atoms with van der Waals surface area (Å²) in [7, 11) is 1.63. The van der Waals surface area contributed by atoms with E-state index >= 15 is 0 Å². The van der Waals surface area contributed by atoms with Crippen LogP contribution in [0.4, 0.5) is 0 Å². The van der Waals surface area contributed by atoms with Crippen molar-refractivity contribution >= 4 is 23.2 Å². The van der Waals surface area contributed by atoms with E-state index in [1.54, 1.807) is 17.4 Å². The molecule has 8 heteroatoms. The summed E-state index contributed by atoms with van der Waals surface area (Å²) in [6, 6.07) is 5.25. The number of carbonyl (C=O) groups excluding carboxylic acids is 2. The maximum atomic E-state index is 13.5. The number of fused-ring (bicyclic) bond motifs is 1. The van der Waals surface area contributed by atoms with E-state index in [4.69, 9.17) is 9.47 Å². The molecule has 38 heavy (non-hydrogen) atoms. The van der Waals surface area contributed by atoms with Gasteiger partial charge in [0.1, 0.15) is 11.7 Å². The average molecular weight is 538 g/mol. The highest BCUT2D eigenvalue weighted by Crippen LogP contribution is 2.59. The number of benzene rings is 1. The van der Waals surface area contributed by atoms with Crippen molar-refractivity contribution in [3.05, 3.63) is 51.5 Å². The third-order valence-electron chi connectivity index (χ3n) is 8.79. The van der Waals surface area contributed by atoms with Gasteiger partial charge in [0, 0.05) is 24.9 Å². The molecule has 3 aliphatic carbocycles. The molecule has 3 atom stereocenters. The number of methoxy groups -OCH3 is 1. The maximum absolute atomic E-state index is 13.5. The van der Waals surface area contributed by atoms with E-state index in [0.717, 1.165) is 35.8 Å². The number of carbonyl (C=O) groups is 2. The van der Waals surface area contributed by atoms with Gasteiger partial charge in [0.05, 0.1) is 18.7 Å². The minimum absolute atomic E-state index is 0.104. The summed E-state index contributed by atoms with van der Waals surface area (Å²) >= 11 is 1.44. The largest absolute Gasteiger partial charge is 0.493 e. The van der Waals surface area contributed by atoms with Gasteiger partial charge in [0.2, 0.25) is 5.91 Å². The third kappa shape index (κ3) is 5.33. The Kier molecular flexibility index (Phi) is 7.80. The fraction of sp³-hybridized carbons (Fsp3) is 0.567. The molecule has 204 valence electrons. The van der Waals surface area contributed by atoms with Gasteiger partial charge in [0.25, 0.3) is 5.91 Å². The number of ether oxygens (including phenoxy) is 2. The van der Waals surface area contributed by atoms with Crippen LogP contribution in [0.25, 0.3) is 0 Å². The van der Waals surface area contributed by atoms with Gasteiger partial charge in [-0.1, -0.05) is 31.6 Å². The molecule has 1 aromatic carbocycles. The molecule has 1 aromatic heterocycles. The van der Waals surface area contributed by atoms with Gasteiger partial charge in [0.15, 0.2) is 11.5 Å². The summed E-state index contributed by atoms with van der Waals surface area (Å²) in [6.45, 7) is 8.20. The highest BCUT2D eigenvalue weighted by atomic mass is 32.1. The number of hydrogen-bond donors (Lipinski definition) is 1. The summed E-state index contributed by atoms with van der Waals surface area (Å²) in [5, 5.41) is 5.56. The van der Waals surface area contributed by atoms with Crippen LogP contribution in [0.5, 0.6) is 11.5 Å². The molecule has 2 aromatic rings. The Labute approximate surface area is 229 Å². The first-order valence-corrected chi connectivity index (χ1v) is 14.7. The summed E-state index contributed by atoms with van der Waals surface area (Å²) in [5.41, 5.74) is 3.21. The molecule has 1 aliphatic heterocycles. The van der Waals surface area contributed by atoms with Crippen LogP contribution >= 0.6 is 11.3 Å². The first-order chi connectivity index (χ1) is 18.3. The molecule has 1 saturated carbocycles. The van der Waals surface area contributed by atoms with E-state index in [0.29, 0.717) is 48.1 Å². The average Bonchev–Trinajstić information content (AvgIpc) is 3.24. The van der Waals surface area contributed by atoms with Gasteiger partial charge in [-0.3, -0.25) is 9.59 Å². The van der Waals surface area contributed by atoms with Crippen LogP contribution in [0.1, 0.15) is 73.4 Å². The Hall–Kier alpha value is -2.87. The number of hydrogen-bond acceptors (Lipinski definition) is 6. The van der Waals surface area contributed by atoms with Crippen molar-refractivity contribution in [2.75, 3.05) is 20.3 Å². The summed E-state index contributed by atoms with van der Waals surface area (Å²) in [5.74, 6) is 2.51. The fourth-order valence-electron chi connectivity index (χ4n) is 6.32. The molecule has 4 aliphatic rings. The summed E-state index contributed by atoms with van der Waals surface area (Å²) in [6.07, 6.45) is 8.28. The van der Waals surface area contributed by atoms with Crippen molar-refractivity contribution in [1.29, 1.82) is 0 Å². The number of allylic oxidation sites excluding steroid dienone is 1. The Bertz CT molecular complexity index is 1220. The number of aryl methyl sites for hydroxylation is 1. The lowest BCUT2D eigenvalue weighted by Gasteiger charge is -2.56. The first-order valence-electron chi connectivity index (χ1n) is 13.8. The van der Waals surface area contributed by atoms with Crippen LogP contribution < -0.4 is 14.8 Å². The van der Waals surface area contributed by atoms with Crippen molar-refractivity contribution in [2.24, 2.45) is 17.3 Å². The van der Waals surface area contributed by atoms with E-state index < -0.39 is 6.04 Å². The quantitative estimate of drug-likeness (QED) is 0.425. The number of aromatic nitrogens is 1. The number of thiazole rings is 1. The molecule has 7 nitrogen and oxygen atoms in total. The lowest BCUT2D eigenvalue weighted by molar-refractivity contribution is -0.125. The first kappa shape index (κ1) is 26.7. The number of rotatable bonds is 9. The fourth-order valence-corrected chi connectivity index (χ4v) is 6.90. The monoisotopic (exact) mass is 537 g/mol. The van der Waals surface area contributed by atoms with E-state index in [2.05, 4.69) is 30.2 Å². The zero-order valence-electron chi connectivity index (χ0n) is 22.9. The Morgan fingerprint density at radius 1 is 1.26 bits per heavy atom. The van der Waals surface area contributed by atoms with Crippen molar-refractivity contribution in [3.8, 4) is 11.5 Å². The molecule has 1 N–H and O–H groups in total. The minimum atomic E-state index is -0.534.